The van der Waals surface area contributed by atoms with Crippen LogP contribution in [0.5, 0.6) is 5.75 Å². The number of halogens is 2. The minimum absolute atomic E-state index is 0.0708. The summed E-state index contributed by atoms with van der Waals surface area (Å²) in [6, 6.07) is 5.99. The Bertz CT molecular complexity index is 525. The fraction of sp³-hybridized carbons (Fsp3) is 0.471. The van der Waals surface area contributed by atoms with E-state index in [9.17, 15) is 18.7 Å². The van der Waals surface area contributed by atoms with Crippen LogP contribution < -0.4 is 10.1 Å². The highest BCUT2D eigenvalue weighted by molar-refractivity contribution is 5.91. The lowest BCUT2D eigenvalue weighted by Crippen LogP contribution is -2.34. The van der Waals surface area contributed by atoms with Crippen molar-refractivity contribution in [2.75, 3.05) is 6.54 Å². The SMILES string of the molecule is CC(O)CC(C)(C)CNC(=O)/C=C/c1ccc(OC(F)F)cc1. The second-order valence-corrected chi connectivity index (χ2v) is 6.22. The number of aliphatic hydroxyl groups excluding tert-OH is 1. The zero-order chi connectivity index (χ0) is 17.5. The van der Waals surface area contributed by atoms with Crippen LogP contribution >= 0.6 is 0 Å². The maximum absolute atomic E-state index is 12.0. The van der Waals surface area contributed by atoms with Gasteiger partial charge < -0.3 is 15.2 Å². The van der Waals surface area contributed by atoms with Gasteiger partial charge in [0, 0.05) is 12.6 Å². The first-order valence-electron chi connectivity index (χ1n) is 7.37. The average Bonchev–Trinajstić information content (AvgIpc) is 2.42. The molecule has 128 valence electrons. The molecule has 0 aliphatic heterocycles. The van der Waals surface area contributed by atoms with Crippen LogP contribution in [0.3, 0.4) is 0 Å². The highest BCUT2D eigenvalue weighted by Crippen LogP contribution is 2.21. The molecule has 23 heavy (non-hydrogen) atoms. The van der Waals surface area contributed by atoms with Gasteiger partial charge >= 0.3 is 6.61 Å². The molecule has 0 bridgehead atoms. The van der Waals surface area contributed by atoms with Crippen molar-refractivity contribution in [3.05, 3.63) is 35.9 Å². The molecule has 0 aliphatic carbocycles. The van der Waals surface area contributed by atoms with Gasteiger partial charge in [-0.15, -0.1) is 0 Å². The van der Waals surface area contributed by atoms with Crippen LogP contribution in [0.15, 0.2) is 30.3 Å². The predicted molar refractivity (Wildman–Crippen MR) is 85.2 cm³/mol. The van der Waals surface area contributed by atoms with Gasteiger partial charge in [-0.1, -0.05) is 26.0 Å². The van der Waals surface area contributed by atoms with E-state index in [1.807, 2.05) is 13.8 Å². The van der Waals surface area contributed by atoms with E-state index in [1.165, 1.54) is 18.2 Å². The maximum Gasteiger partial charge on any atom is 0.387 e. The number of carbonyl (C=O) groups is 1. The molecule has 0 saturated heterocycles. The Hall–Kier alpha value is -1.95. The van der Waals surface area contributed by atoms with Crippen LogP contribution in [0.1, 0.15) is 32.8 Å². The number of alkyl halides is 2. The zero-order valence-corrected chi connectivity index (χ0v) is 13.6. The average molecular weight is 327 g/mol. The van der Waals surface area contributed by atoms with Crippen molar-refractivity contribution in [1.29, 1.82) is 0 Å². The molecule has 2 N–H and O–H groups in total. The van der Waals surface area contributed by atoms with Gasteiger partial charge in [0.15, 0.2) is 0 Å². The lowest BCUT2D eigenvalue weighted by Gasteiger charge is -2.26. The van der Waals surface area contributed by atoms with E-state index in [0.29, 0.717) is 18.5 Å². The minimum atomic E-state index is -2.85. The molecule has 4 nitrogen and oxygen atoms in total. The van der Waals surface area contributed by atoms with Crippen molar-refractivity contribution in [3.8, 4) is 5.75 Å². The van der Waals surface area contributed by atoms with Crippen LogP contribution in [0, 0.1) is 5.41 Å². The molecule has 0 radical (unpaired) electrons. The summed E-state index contributed by atoms with van der Waals surface area (Å²) in [5, 5.41) is 12.2. The molecule has 1 atom stereocenters. The van der Waals surface area contributed by atoms with Crippen molar-refractivity contribution in [3.63, 3.8) is 0 Å². The first kappa shape index (κ1) is 19.1. The van der Waals surface area contributed by atoms with Crippen LogP contribution in [0.25, 0.3) is 6.08 Å². The number of rotatable bonds is 8. The largest absolute Gasteiger partial charge is 0.435 e. The summed E-state index contributed by atoms with van der Waals surface area (Å²) in [6.45, 7) is 3.23. The lowest BCUT2D eigenvalue weighted by atomic mass is 9.87. The fourth-order valence-electron chi connectivity index (χ4n) is 2.19. The van der Waals surface area contributed by atoms with E-state index in [4.69, 9.17) is 0 Å². The summed E-state index contributed by atoms with van der Waals surface area (Å²) < 4.78 is 28.3. The Morgan fingerprint density at radius 3 is 2.48 bits per heavy atom. The summed E-state index contributed by atoms with van der Waals surface area (Å²) in [5.74, 6) is -0.182. The predicted octanol–water partition coefficient (Wildman–Crippen LogP) is 3.21. The van der Waals surface area contributed by atoms with E-state index in [1.54, 1.807) is 25.1 Å². The van der Waals surface area contributed by atoms with Crippen LogP contribution in [-0.4, -0.2) is 30.3 Å². The summed E-state index contributed by atoms with van der Waals surface area (Å²) in [6.07, 6.45) is 3.12. The Morgan fingerprint density at radius 1 is 1.35 bits per heavy atom. The highest BCUT2D eigenvalue weighted by atomic mass is 19.3. The van der Waals surface area contributed by atoms with Crippen molar-refractivity contribution in [2.24, 2.45) is 5.41 Å². The molecule has 0 heterocycles. The number of hydrogen-bond donors (Lipinski definition) is 2. The van der Waals surface area contributed by atoms with E-state index in [-0.39, 0.29) is 17.1 Å². The third kappa shape index (κ3) is 8.30. The quantitative estimate of drug-likeness (QED) is 0.721. The Kier molecular flexibility index (Phi) is 7.16. The van der Waals surface area contributed by atoms with Gasteiger partial charge in [-0.3, -0.25) is 4.79 Å². The molecular weight excluding hydrogens is 304 g/mol. The van der Waals surface area contributed by atoms with Crippen molar-refractivity contribution >= 4 is 12.0 Å². The van der Waals surface area contributed by atoms with Gasteiger partial charge in [0.25, 0.3) is 0 Å². The zero-order valence-electron chi connectivity index (χ0n) is 13.6. The molecule has 0 spiro atoms. The number of amides is 1. The van der Waals surface area contributed by atoms with E-state index >= 15 is 0 Å². The van der Waals surface area contributed by atoms with Gasteiger partial charge in [-0.2, -0.15) is 8.78 Å². The molecule has 1 unspecified atom stereocenters. The highest BCUT2D eigenvalue weighted by Gasteiger charge is 2.20. The van der Waals surface area contributed by atoms with E-state index < -0.39 is 12.7 Å². The Balaban J connectivity index is 2.49. The normalized spacial score (nSPS) is 13.3. The third-order valence-corrected chi connectivity index (χ3v) is 3.12. The minimum Gasteiger partial charge on any atom is -0.435 e. The van der Waals surface area contributed by atoms with Crippen LogP contribution in [-0.2, 0) is 4.79 Å². The summed E-state index contributed by atoms with van der Waals surface area (Å²) in [7, 11) is 0. The molecule has 0 saturated carbocycles. The fourth-order valence-corrected chi connectivity index (χ4v) is 2.19. The molecule has 0 fully saturated rings. The second kappa shape index (κ2) is 8.62. The molecule has 1 rings (SSSR count). The first-order valence-corrected chi connectivity index (χ1v) is 7.37. The van der Waals surface area contributed by atoms with Gasteiger partial charge in [0.2, 0.25) is 5.91 Å². The maximum atomic E-state index is 12.0. The topological polar surface area (TPSA) is 58.6 Å². The lowest BCUT2D eigenvalue weighted by molar-refractivity contribution is -0.117. The van der Waals surface area contributed by atoms with Crippen molar-refractivity contribution < 1.29 is 23.4 Å². The number of ether oxygens (including phenoxy) is 1. The molecule has 6 heteroatoms. The Labute approximate surface area is 135 Å². The monoisotopic (exact) mass is 327 g/mol. The van der Waals surface area contributed by atoms with Crippen LogP contribution in [0.2, 0.25) is 0 Å². The summed E-state index contributed by atoms with van der Waals surface area (Å²) in [5.41, 5.74) is 0.497. The molecule has 1 amide bonds. The second-order valence-electron chi connectivity index (χ2n) is 6.22. The van der Waals surface area contributed by atoms with Crippen LogP contribution in [0.4, 0.5) is 8.78 Å². The van der Waals surface area contributed by atoms with E-state index in [2.05, 4.69) is 10.1 Å². The smallest absolute Gasteiger partial charge is 0.387 e. The van der Waals surface area contributed by atoms with Gasteiger partial charge in [-0.05, 0) is 42.5 Å². The van der Waals surface area contributed by atoms with Gasteiger partial charge in [0.1, 0.15) is 5.75 Å². The summed E-state index contributed by atoms with van der Waals surface area (Å²) in [4.78, 5) is 11.8. The first-order chi connectivity index (χ1) is 10.7. The molecule has 1 aromatic rings. The number of benzene rings is 1. The molecule has 0 aromatic heterocycles. The number of aliphatic hydroxyl groups is 1. The molecular formula is C17H23F2NO3. The van der Waals surface area contributed by atoms with Gasteiger partial charge in [-0.25, -0.2) is 0 Å². The number of carbonyl (C=O) groups excluding carboxylic acids is 1. The standard InChI is InChI=1S/C17H23F2NO3/c1-12(21)10-17(2,3)11-20-15(22)9-6-13-4-7-14(8-5-13)23-16(18)19/h4-9,12,16,21H,10-11H2,1-3H3,(H,20,22)/b9-6+. The molecule has 0 aliphatic rings. The Morgan fingerprint density at radius 2 is 1.96 bits per heavy atom. The summed E-state index contributed by atoms with van der Waals surface area (Å²) >= 11 is 0. The van der Waals surface area contributed by atoms with E-state index in [0.717, 1.165) is 0 Å². The third-order valence-electron chi connectivity index (χ3n) is 3.12. The van der Waals surface area contributed by atoms with Gasteiger partial charge in [0.05, 0.1) is 6.10 Å². The van der Waals surface area contributed by atoms with Crippen molar-refractivity contribution in [1.82, 2.24) is 5.32 Å². The van der Waals surface area contributed by atoms with Crippen molar-refractivity contribution in [2.45, 2.75) is 39.9 Å². The number of nitrogens with one attached hydrogen (secondary N) is 1. The number of hydrogen-bond acceptors (Lipinski definition) is 3. The molecule has 1 aromatic carbocycles.